The Labute approximate surface area is 184 Å². The van der Waals surface area contributed by atoms with Crippen LogP contribution in [0.5, 0.6) is 0 Å². The third-order valence-corrected chi connectivity index (χ3v) is 6.24. The predicted octanol–water partition coefficient (Wildman–Crippen LogP) is 3.21. The summed E-state index contributed by atoms with van der Waals surface area (Å²) < 4.78 is 6.92. The number of hydrazone groups is 1. The molecule has 1 aliphatic carbocycles. The van der Waals surface area contributed by atoms with Gasteiger partial charge in [-0.05, 0) is 51.1 Å². The number of furan rings is 1. The zero-order valence-corrected chi connectivity index (χ0v) is 18.8. The van der Waals surface area contributed by atoms with Crippen molar-refractivity contribution in [1.82, 2.24) is 15.2 Å². The third-order valence-electron chi connectivity index (χ3n) is 5.71. The van der Waals surface area contributed by atoms with Gasteiger partial charge in [0, 0.05) is 53.8 Å². The van der Waals surface area contributed by atoms with Crippen molar-refractivity contribution in [3.63, 3.8) is 0 Å². The summed E-state index contributed by atoms with van der Waals surface area (Å²) in [5.74, 6) is 0.858. The van der Waals surface area contributed by atoms with Crippen molar-refractivity contribution >= 4 is 33.5 Å². The van der Waals surface area contributed by atoms with E-state index in [0.29, 0.717) is 24.4 Å². The number of fused-ring (bicyclic) bond motifs is 1. The van der Waals surface area contributed by atoms with E-state index in [9.17, 15) is 9.59 Å². The molecule has 0 bridgehead atoms. The van der Waals surface area contributed by atoms with Crippen molar-refractivity contribution in [3.05, 3.63) is 56.9 Å². The lowest BCUT2D eigenvalue weighted by Gasteiger charge is -2.31. The number of aryl methyl sites for hydroxylation is 1. The van der Waals surface area contributed by atoms with Crippen LogP contribution in [0.25, 0.3) is 0 Å². The van der Waals surface area contributed by atoms with Crippen LogP contribution in [-0.4, -0.2) is 60.6 Å². The van der Waals surface area contributed by atoms with E-state index in [0.717, 1.165) is 59.4 Å². The molecule has 1 saturated heterocycles. The third kappa shape index (κ3) is 4.20. The van der Waals surface area contributed by atoms with Crippen molar-refractivity contribution in [1.29, 1.82) is 0 Å². The first-order valence-corrected chi connectivity index (χ1v) is 11.0. The molecule has 1 N–H and O–H groups in total. The quantitative estimate of drug-likeness (QED) is 0.695. The Hall–Kier alpha value is -2.45. The molecule has 1 fully saturated rings. The topological polar surface area (TPSA) is 78.2 Å². The summed E-state index contributed by atoms with van der Waals surface area (Å²) in [4.78, 5) is 29.5. The highest BCUT2D eigenvalue weighted by Crippen LogP contribution is 2.30. The van der Waals surface area contributed by atoms with Gasteiger partial charge in [-0.25, -0.2) is 5.43 Å². The molecule has 1 aromatic heterocycles. The van der Waals surface area contributed by atoms with Crippen molar-refractivity contribution in [2.24, 2.45) is 5.10 Å². The first-order valence-electron chi connectivity index (χ1n) is 10.2. The fourth-order valence-corrected chi connectivity index (χ4v) is 4.19. The number of amides is 2. The van der Waals surface area contributed by atoms with E-state index < -0.39 is 0 Å². The molecule has 7 nitrogen and oxygen atoms in total. The first kappa shape index (κ1) is 20.8. The minimum absolute atomic E-state index is 0.0618. The second kappa shape index (κ2) is 8.73. The van der Waals surface area contributed by atoms with Crippen LogP contribution in [0.4, 0.5) is 0 Å². The van der Waals surface area contributed by atoms with Gasteiger partial charge in [0.05, 0.1) is 5.71 Å². The van der Waals surface area contributed by atoms with Crippen molar-refractivity contribution in [2.45, 2.75) is 26.2 Å². The lowest BCUT2D eigenvalue weighted by molar-refractivity contribution is 0.0629. The molecule has 4 rings (SSSR count). The molecule has 2 heterocycles. The van der Waals surface area contributed by atoms with E-state index in [1.807, 2.05) is 24.0 Å². The number of benzene rings is 1. The molecule has 1 aliphatic heterocycles. The second-order valence-electron chi connectivity index (χ2n) is 7.81. The molecule has 0 saturated carbocycles. The van der Waals surface area contributed by atoms with Gasteiger partial charge in [-0.1, -0.05) is 15.9 Å². The van der Waals surface area contributed by atoms with Crippen LogP contribution in [0.15, 0.2) is 38.3 Å². The highest BCUT2D eigenvalue weighted by atomic mass is 79.9. The number of hydrogen-bond acceptors (Lipinski definition) is 5. The molecule has 1 aromatic carbocycles. The van der Waals surface area contributed by atoms with Gasteiger partial charge in [0.2, 0.25) is 0 Å². The minimum Gasteiger partial charge on any atom is -0.455 e. The lowest BCUT2D eigenvalue weighted by Crippen LogP contribution is -2.47. The number of nitrogens with zero attached hydrogens (tertiary/aromatic N) is 3. The highest BCUT2D eigenvalue weighted by molar-refractivity contribution is 9.10. The molecule has 30 heavy (non-hydrogen) atoms. The zero-order valence-electron chi connectivity index (χ0n) is 17.2. The smallest absolute Gasteiger partial charge is 0.289 e. The van der Waals surface area contributed by atoms with Gasteiger partial charge in [-0.3, -0.25) is 9.59 Å². The second-order valence-corrected chi connectivity index (χ2v) is 8.73. The molecule has 2 aliphatic rings. The summed E-state index contributed by atoms with van der Waals surface area (Å²) in [7, 11) is 2.06. The Balaban J connectivity index is 1.55. The van der Waals surface area contributed by atoms with E-state index in [1.165, 1.54) is 0 Å². The van der Waals surface area contributed by atoms with Crippen LogP contribution in [0, 0.1) is 6.92 Å². The van der Waals surface area contributed by atoms with E-state index in [4.69, 9.17) is 4.42 Å². The summed E-state index contributed by atoms with van der Waals surface area (Å²) in [6, 6.07) is 7.11. The molecular weight excluding hydrogens is 448 g/mol. The summed E-state index contributed by atoms with van der Waals surface area (Å²) in [6.07, 6.45) is 2.37. The average molecular weight is 473 g/mol. The number of likely N-dealkylation sites (N-methyl/N-ethyl adjacent to an activating group) is 1. The van der Waals surface area contributed by atoms with Crippen LogP contribution < -0.4 is 5.43 Å². The summed E-state index contributed by atoms with van der Waals surface area (Å²) >= 11 is 3.36. The standard InChI is InChI=1S/C22H25BrN4O3/c1-14-19-17(24-25-21(28)15-6-8-16(23)9-7-15)4-3-5-18(19)30-20(14)22(29)27-12-10-26(2)11-13-27/h6-9H,3-5,10-13H2,1-2H3,(H,25,28)/b24-17+. The number of carbonyl (C=O) groups excluding carboxylic acids is 2. The molecule has 0 spiro atoms. The molecule has 0 unspecified atom stereocenters. The molecule has 158 valence electrons. The average Bonchev–Trinajstić information content (AvgIpc) is 3.09. The number of carbonyl (C=O) groups is 2. The summed E-state index contributed by atoms with van der Waals surface area (Å²) in [5.41, 5.74) is 5.63. The predicted molar refractivity (Wildman–Crippen MR) is 118 cm³/mol. The Kier molecular flexibility index (Phi) is 6.06. The molecule has 0 atom stereocenters. The number of halogens is 1. The SMILES string of the molecule is Cc1c(C(=O)N2CCN(C)CC2)oc2c1/C(=N/NC(=O)c1ccc(Br)cc1)CCC2. The Morgan fingerprint density at radius 2 is 1.80 bits per heavy atom. The van der Waals surface area contributed by atoms with E-state index in [1.54, 1.807) is 12.1 Å². The summed E-state index contributed by atoms with van der Waals surface area (Å²) in [5, 5.41) is 4.39. The zero-order chi connectivity index (χ0) is 21.3. The Morgan fingerprint density at radius 1 is 1.10 bits per heavy atom. The fourth-order valence-electron chi connectivity index (χ4n) is 3.92. The Morgan fingerprint density at radius 3 is 2.50 bits per heavy atom. The van der Waals surface area contributed by atoms with Gasteiger partial charge < -0.3 is 14.2 Å². The molecule has 2 aromatic rings. The van der Waals surface area contributed by atoms with E-state index in [-0.39, 0.29) is 11.8 Å². The maximum atomic E-state index is 13.0. The number of rotatable bonds is 3. The Bertz CT molecular complexity index is 989. The molecule has 8 heteroatoms. The monoisotopic (exact) mass is 472 g/mol. The number of hydrogen-bond donors (Lipinski definition) is 1. The van der Waals surface area contributed by atoms with Gasteiger partial charge in [0.1, 0.15) is 5.76 Å². The van der Waals surface area contributed by atoms with Gasteiger partial charge in [0.25, 0.3) is 11.8 Å². The molecular formula is C22H25BrN4O3. The van der Waals surface area contributed by atoms with Crippen LogP contribution in [-0.2, 0) is 6.42 Å². The van der Waals surface area contributed by atoms with Crippen molar-refractivity contribution < 1.29 is 14.0 Å². The lowest BCUT2D eigenvalue weighted by atomic mass is 9.93. The highest BCUT2D eigenvalue weighted by Gasteiger charge is 2.31. The van der Waals surface area contributed by atoms with Gasteiger partial charge in [-0.2, -0.15) is 5.10 Å². The summed E-state index contributed by atoms with van der Waals surface area (Å²) in [6.45, 7) is 5.03. The van der Waals surface area contributed by atoms with Crippen LogP contribution in [0.2, 0.25) is 0 Å². The molecule has 0 radical (unpaired) electrons. The van der Waals surface area contributed by atoms with Gasteiger partial charge in [-0.15, -0.1) is 0 Å². The largest absolute Gasteiger partial charge is 0.455 e. The molecule has 2 amide bonds. The van der Waals surface area contributed by atoms with Crippen LogP contribution >= 0.6 is 15.9 Å². The van der Waals surface area contributed by atoms with Gasteiger partial charge >= 0.3 is 0 Å². The maximum Gasteiger partial charge on any atom is 0.289 e. The normalized spacial score (nSPS) is 18.4. The minimum atomic E-state index is -0.267. The number of piperazine rings is 1. The maximum absolute atomic E-state index is 13.0. The van der Waals surface area contributed by atoms with E-state index in [2.05, 4.69) is 38.4 Å². The van der Waals surface area contributed by atoms with Crippen molar-refractivity contribution in [2.75, 3.05) is 33.2 Å². The first-order chi connectivity index (χ1) is 14.4. The number of nitrogens with one attached hydrogen (secondary N) is 1. The van der Waals surface area contributed by atoms with Crippen LogP contribution in [0.3, 0.4) is 0 Å². The van der Waals surface area contributed by atoms with E-state index >= 15 is 0 Å². The van der Waals surface area contributed by atoms with Crippen LogP contribution in [0.1, 0.15) is 50.6 Å². The van der Waals surface area contributed by atoms with Gasteiger partial charge in [0.15, 0.2) is 5.76 Å². The van der Waals surface area contributed by atoms with Crippen molar-refractivity contribution in [3.8, 4) is 0 Å². The fraction of sp³-hybridized carbons (Fsp3) is 0.409.